The van der Waals surface area contributed by atoms with Gasteiger partial charge in [-0.15, -0.1) is 6.58 Å². The number of ether oxygens (including phenoxy) is 1. The van der Waals surface area contributed by atoms with Crippen LogP contribution in [0.2, 0.25) is 0 Å². The minimum absolute atomic E-state index is 0.181. The average molecular weight is 213 g/mol. The van der Waals surface area contributed by atoms with E-state index >= 15 is 0 Å². The third-order valence-corrected chi connectivity index (χ3v) is 2.52. The minimum atomic E-state index is -0.753. The molecule has 0 aromatic carbocycles. The molecule has 1 N–H and O–H groups in total. The molecule has 0 radical (unpaired) electrons. The Hall–Kier alpha value is -0.870. The maximum Gasteiger partial charge on any atom is 0.304 e. The predicted molar refractivity (Wildman–Crippen MR) is 57.9 cm³/mol. The first-order chi connectivity index (χ1) is 7.22. The van der Waals surface area contributed by atoms with Gasteiger partial charge in [-0.05, 0) is 12.8 Å². The molecule has 4 nitrogen and oxygen atoms in total. The summed E-state index contributed by atoms with van der Waals surface area (Å²) >= 11 is 0. The van der Waals surface area contributed by atoms with Gasteiger partial charge in [-0.2, -0.15) is 0 Å². The molecule has 1 heterocycles. The standard InChI is InChI=1S/C11H19NO3/c1-2-6-12(7-5-11(13)14)9-10-4-3-8-15-10/h2,10H,1,3-9H2,(H,13,14). The first-order valence-corrected chi connectivity index (χ1v) is 5.39. The summed E-state index contributed by atoms with van der Waals surface area (Å²) in [5, 5.41) is 8.61. The van der Waals surface area contributed by atoms with Gasteiger partial charge < -0.3 is 9.84 Å². The predicted octanol–water partition coefficient (Wildman–Crippen LogP) is 1.13. The summed E-state index contributed by atoms with van der Waals surface area (Å²) in [6.45, 7) is 6.63. The molecular weight excluding hydrogens is 194 g/mol. The van der Waals surface area contributed by atoms with Gasteiger partial charge in [0.15, 0.2) is 0 Å². The van der Waals surface area contributed by atoms with Crippen molar-refractivity contribution >= 4 is 5.97 Å². The number of aliphatic carboxylic acids is 1. The van der Waals surface area contributed by atoms with Crippen molar-refractivity contribution in [1.82, 2.24) is 4.90 Å². The highest BCUT2D eigenvalue weighted by Gasteiger charge is 2.18. The average Bonchev–Trinajstić information content (AvgIpc) is 2.67. The highest BCUT2D eigenvalue weighted by molar-refractivity contribution is 5.66. The fourth-order valence-electron chi connectivity index (χ4n) is 1.77. The van der Waals surface area contributed by atoms with Gasteiger partial charge in [0.2, 0.25) is 0 Å². The molecule has 0 bridgehead atoms. The number of carbonyl (C=O) groups is 1. The number of hydrogen-bond acceptors (Lipinski definition) is 3. The van der Waals surface area contributed by atoms with Gasteiger partial charge in [-0.1, -0.05) is 6.08 Å². The lowest BCUT2D eigenvalue weighted by molar-refractivity contribution is -0.137. The van der Waals surface area contributed by atoms with Crippen LogP contribution in [0.3, 0.4) is 0 Å². The lowest BCUT2D eigenvalue weighted by atomic mass is 10.2. The van der Waals surface area contributed by atoms with Crippen molar-refractivity contribution in [2.24, 2.45) is 0 Å². The maximum atomic E-state index is 10.5. The molecule has 0 aliphatic carbocycles. The molecule has 1 rings (SSSR count). The molecule has 0 aromatic rings. The molecule has 1 atom stereocenters. The van der Waals surface area contributed by atoms with Gasteiger partial charge in [0.05, 0.1) is 12.5 Å². The molecule has 1 saturated heterocycles. The highest BCUT2D eigenvalue weighted by Crippen LogP contribution is 2.13. The van der Waals surface area contributed by atoms with Crippen LogP contribution in [0, 0.1) is 0 Å². The zero-order valence-electron chi connectivity index (χ0n) is 9.02. The highest BCUT2D eigenvalue weighted by atomic mass is 16.5. The Balaban J connectivity index is 2.27. The number of hydrogen-bond donors (Lipinski definition) is 1. The van der Waals surface area contributed by atoms with Crippen LogP contribution in [0.4, 0.5) is 0 Å². The molecule has 1 aliphatic rings. The van der Waals surface area contributed by atoms with Crippen molar-refractivity contribution in [2.75, 3.05) is 26.2 Å². The Morgan fingerprint density at radius 1 is 1.67 bits per heavy atom. The van der Waals surface area contributed by atoms with Crippen LogP contribution >= 0.6 is 0 Å². The summed E-state index contributed by atoms with van der Waals surface area (Å²) in [7, 11) is 0. The second-order valence-corrected chi connectivity index (χ2v) is 3.83. The summed E-state index contributed by atoms with van der Waals surface area (Å²) in [4.78, 5) is 12.5. The number of nitrogens with zero attached hydrogens (tertiary/aromatic N) is 1. The molecule has 0 spiro atoms. The third-order valence-electron chi connectivity index (χ3n) is 2.52. The lowest BCUT2D eigenvalue weighted by Crippen LogP contribution is -2.34. The summed E-state index contributed by atoms with van der Waals surface area (Å²) in [5.74, 6) is -0.753. The summed E-state index contributed by atoms with van der Waals surface area (Å²) < 4.78 is 5.51. The van der Waals surface area contributed by atoms with Crippen molar-refractivity contribution in [1.29, 1.82) is 0 Å². The van der Waals surface area contributed by atoms with Crippen molar-refractivity contribution < 1.29 is 14.6 Å². The molecule has 1 unspecified atom stereocenters. The van der Waals surface area contributed by atoms with Crippen LogP contribution < -0.4 is 0 Å². The topological polar surface area (TPSA) is 49.8 Å². The minimum Gasteiger partial charge on any atom is -0.481 e. The van der Waals surface area contributed by atoms with E-state index in [1.165, 1.54) is 0 Å². The molecular formula is C11H19NO3. The van der Waals surface area contributed by atoms with E-state index in [0.29, 0.717) is 6.54 Å². The van der Waals surface area contributed by atoms with Crippen LogP contribution in [-0.2, 0) is 9.53 Å². The summed E-state index contributed by atoms with van der Waals surface area (Å²) in [5.41, 5.74) is 0. The van der Waals surface area contributed by atoms with E-state index in [0.717, 1.165) is 32.5 Å². The fraction of sp³-hybridized carbons (Fsp3) is 0.727. The number of carboxylic acid groups (broad SMARTS) is 1. The quantitative estimate of drug-likeness (QED) is 0.644. The largest absolute Gasteiger partial charge is 0.481 e. The van der Waals surface area contributed by atoms with Crippen LogP contribution in [0.25, 0.3) is 0 Å². The van der Waals surface area contributed by atoms with Gasteiger partial charge in [-0.3, -0.25) is 9.69 Å². The molecule has 1 fully saturated rings. The molecule has 0 amide bonds. The van der Waals surface area contributed by atoms with Gasteiger partial charge in [0.25, 0.3) is 0 Å². The van der Waals surface area contributed by atoms with Crippen molar-refractivity contribution in [3.63, 3.8) is 0 Å². The zero-order valence-corrected chi connectivity index (χ0v) is 9.02. The van der Waals surface area contributed by atoms with Crippen LogP contribution in [-0.4, -0.2) is 48.3 Å². The Bertz CT molecular complexity index is 212. The summed E-state index contributed by atoms with van der Waals surface area (Å²) in [6.07, 6.45) is 4.46. The molecule has 15 heavy (non-hydrogen) atoms. The smallest absolute Gasteiger partial charge is 0.304 e. The SMILES string of the molecule is C=CCN(CCC(=O)O)CC1CCCO1. The van der Waals surface area contributed by atoms with Gasteiger partial charge in [0, 0.05) is 26.2 Å². The second kappa shape index (κ2) is 6.58. The third kappa shape index (κ3) is 4.95. The van der Waals surface area contributed by atoms with E-state index in [1.807, 2.05) is 0 Å². The van der Waals surface area contributed by atoms with E-state index in [4.69, 9.17) is 9.84 Å². The molecule has 86 valence electrons. The lowest BCUT2D eigenvalue weighted by Gasteiger charge is -2.22. The maximum absolute atomic E-state index is 10.5. The van der Waals surface area contributed by atoms with Crippen LogP contribution in [0.1, 0.15) is 19.3 Å². The Kier molecular flexibility index (Phi) is 5.36. The van der Waals surface area contributed by atoms with Gasteiger partial charge >= 0.3 is 5.97 Å². The van der Waals surface area contributed by atoms with E-state index in [1.54, 1.807) is 6.08 Å². The Morgan fingerprint density at radius 2 is 2.47 bits per heavy atom. The number of carboxylic acids is 1. The Morgan fingerprint density at radius 3 is 3.00 bits per heavy atom. The number of rotatable bonds is 7. The van der Waals surface area contributed by atoms with Crippen LogP contribution in [0.15, 0.2) is 12.7 Å². The van der Waals surface area contributed by atoms with E-state index in [2.05, 4.69) is 11.5 Å². The second-order valence-electron chi connectivity index (χ2n) is 3.83. The Labute approximate surface area is 90.5 Å². The molecule has 0 saturated carbocycles. The van der Waals surface area contributed by atoms with Gasteiger partial charge in [-0.25, -0.2) is 0 Å². The normalized spacial score (nSPS) is 20.7. The van der Waals surface area contributed by atoms with Crippen molar-refractivity contribution in [3.05, 3.63) is 12.7 Å². The fourth-order valence-corrected chi connectivity index (χ4v) is 1.77. The van der Waals surface area contributed by atoms with Crippen LogP contribution in [0.5, 0.6) is 0 Å². The van der Waals surface area contributed by atoms with Gasteiger partial charge in [0.1, 0.15) is 0 Å². The monoisotopic (exact) mass is 213 g/mol. The zero-order chi connectivity index (χ0) is 11.1. The molecule has 0 aromatic heterocycles. The molecule has 4 heteroatoms. The van der Waals surface area contributed by atoms with E-state index in [-0.39, 0.29) is 12.5 Å². The van der Waals surface area contributed by atoms with E-state index in [9.17, 15) is 4.79 Å². The van der Waals surface area contributed by atoms with Crippen molar-refractivity contribution in [2.45, 2.75) is 25.4 Å². The first-order valence-electron chi connectivity index (χ1n) is 5.39. The first kappa shape index (κ1) is 12.2. The summed E-state index contributed by atoms with van der Waals surface area (Å²) in [6, 6.07) is 0. The van der Waals surface area contributed by atoms with E-state index < -0.39 is 5.97 Å². The van der Waals surface area contributed by atoms with Crippen molar-refractivity contribution in [3.8, 4) is 0 Å². The molecule has 1 aliphatic heterocycles.